The average Bonchev–Trinajstić information content (AvgIpc) is 2.48. The lowest BCUT2D eigenvalue weighted by Gasteiger charge is -2.37. The van der Waals surface area contributed by atoms with E-state index in [1.165, 1.54) is 0 Å². The van der Waals surface area contributed by atoms with E-state index in [-0.39, 0.29) is 17.9 Å². The van der Waals surface area contributed by atoms with E-state index in [0.717, 1.165) is 31.5 Å². The van der Waals surface area contributed by atoms with Crippen LogP contribution in [-0.4, -0.2) is 35.1 Å². The zero-order valence-corrected chi connectivity index (χ0v) is 12.2. The fourth-order valence-corrected chi connectivity index (χ4v) is 2.96. The van der Waals surface area contributed by atoms with Crippen molar-refractivity contribution in [3.05, 3.63) is 35.4 Å². The standard InChI is InChI=1S/C16H21N3O2/c1-11(20)13-6-8-19(9-7-13)15(16(18)21)14-4-2-12(10-17)3-5-14/h2-5,11,13,15,20H,6-9H2,1H3,(H2,18,21). The zero-order chi connectivity index (χ0) is 15.4. The average molecular weight is 287 g/mol. The number of benzene rings is 1. The van der Waals surface area contributed by atoms with Gasteiger partial charge in [0, 0.05) is 0 Å². The molecule has 0 radical (unpaired) electrons. The van der Waals surface area contributed by atoms with Crippen LogP contribution in [0.1, 0.15) is 36.9 Å². The number of nitrogens with two attached hydrogens (primary N) is 1. The quantitative estimate of drug-likeness (QED) is 0.870. The van der Waals surface area contributed by atoms with Gasteiger partial charge in [0.1, 0.15) is 6.04 Å². The molecule has 2 rings (SSSR count). The molecule has 0 spiro atoms. The Balaban J connectivity index is 2.13. The molecule has 1 amide bonds. The molecule has 0 bridgehead atoms. The molecule has 21 heavy (non-hydrogen) atoms. The molecule has 1 aliphatic heterocycles. The molecule has 1 aromatic rings. The Morgan fingerprint density at radius 2 is 1.95 bits per heavy atom. The minimum atomic E-state index is -0.465. The summed E-state index contributed by atoms with van der Waals surface area (Å²) >= 11 is 0. The Labute approximate surface area is 125 Å². The van der Waals surface area contributed by atoms with E-state index in [2.05, 4.69) is 11.0 Å². The van der Waals surface area contributed by atoms with E-state index in [1.807, 2.05) is 6.92 Å². The van der Waals surface area contributed by atoms with Crippen molar-refractivity contribution in [2.45, 2.75) is 31.9 Å². The molecule has 112 valence electrons. The normalized spacial score (nSPS) is 19.7. The van der Waals surface area contributed by atoms with Gasteiger partial charge in [-0.1, -0.05) is 12.1 Å². The summed E-state index contributed by atoms with van der Waals surface area (Å²) < 4.78 is 0. The van der Waals surface area contributed by atoms with E-state index in [9.17, 15) is 9.90 Å². The van der Waals surface area contributed by atoms with Crippen LogP contribution in [0.15, 0.2) is 24.3 Å². The predicted molar refractivity (Wildman–Crippen MR) is 79.1 cm³/mol. The van der Waals surface area contributed by atoms with E-state index in [1.54, 1.807) is 24.3 Å². The summed E-state index contributed by atoms with van der Waals surface area (Å²) in [5.74, 6) is -0.0917. The maximum absolute atomic E-state index is 11.8. The van der Waals surface area contributed by atoms with Gasteiger partial charge >= 0.3 is 0 Å². The number of hydrogen-bond acceptors (Lipinski definition) is 4. The number of aliphatic hydroxyl groups is 1. The molecule has 5 nitrogen and oxygen atoms in total. The van der Waals surface area contributed by atoms with Gasteiger partial charge in [0.05, 0.1) is 17.7 Å². The van der Waals surface area contributed by atoms with Gasteiger partial charge in [0.2, 0.25) is 5.91 Å². The maximum atomic E-state index is 11.8. The Bertz CT molecular complexity index is 525. The van der Waals surface area contributed by atoms with Crippen molar-refractivity contribution < 1.29 is 9.90 Å². The third-order valence-electron chi connectivity index (χ3n) is 4.25. The van der Waals surface area contributed by atoms with Crippen LogP contribution in [0, 0.1) is 17.2 Å². The van der Waals surface area contributed by atoms with Crippen molar-refractivity contribution in [3.8, 4) is 6.07 Å². The molecule has 1 saturated heterocycles. The molecule has 5 heteroatoms. The summed E-state index contributed by atoms with van der Waals surface area (Å²) in [4.78, 5) is 13.9. The number of carbonyl (C=O) groups is 1. The number of nitriles is 1. The van der Waals surface area contributed by atoms with Gasteiger partial charge in [-0.15, -0.1) is 0 Å². The molecule has 2 atom stereocenters. The number of primary amides is 1. The van der Waals surface area contributed by atoms with Gasteiger partial charge < -0.3 is 10.8 Å². The lowest BCUT2D eigenvalue weighted by atomic mass is 9.90. The van der Waals surface area contributed by atoms with Gasteiger partial charge in [-0.3, -0.25) is 9.69 Å². The fraction of sp³-hybridized carbons (Fsp3) is 0.500. The first-order valence-corrected chi connectivity index (χ1v) is 7.24. The third kappa shape index (κ3) is 3.60. The molecule has 1 fully saturated rings. The predicted octanol–water partition coefficient (Wildman–Crippen LogP) is 1.18. The van der Waals surface area contributed by atoms with Crippen molar-refractivity contribution in [2.75, 3.05) is 13.1 Å². The second-order valence-electron chi connectivity index (χ2n) is 5.65. The number of likely N-dealkylation sites (tertiary alicyclic amines) is 1. The number of piperidine rings is 1. The fourth-order valence-electron chi connectivity index (χ4n) is 2.96. The number of amides is 1. The van der Waals surface area contributed by atoms with Gasteiger partial charge in [-0.25, -0.2) is 0 Å². The molecule has 0 aromatic heterocycles. The van der Waals surface area contributed by atoms with Crippen LogP contribution in [0.4, 0.5) is 0 Å². The second-order valence-corrected chi connectivity index (χ2v) is 5.65. The number of carbonyl (C=O) groups excluding carboxylic acids is 1. The number of rotatable bonds is 4. The molecule has 3 N–H and O–H groups in total. The van der Waals surface area contributed by atoms with Crippen LogP contribution in [-0.2, 0) is 4.79 Å². The SMILES string of the molecule is CC(O)C1CCN(C(C(N)=O)c2ccc(C#N)cc2)CC1. The van der Waals surface area contributed by atoms with E-state index in [0.29, 0.717) is 5.56 Å². The molecule has 0 saturated carbocycles. The van der Waals surface area contributed by atoms with Gasteiger partial charge in [-0.05, 0) is 56.5 Å². The maximum Gasteiger partial charge on any atom is 0.239 e. The summed E-state index contributed by atoms with van der Waals surface area (Å²) in [6.07, 6.45) is 1.41. The summed E-state index contributed by atoms with van der Waals surface area (Å²) in [6, 6.07) is 8.57. The lowest BCUT2D eigenvalue weighted by molar-refractivity contribution is -0.124. The van der Waals surface area contributed by atoms with E-state index < -0.39 is 6.04 Å². The third-order valence-corrected chi connectivity index (χ3v) is 4.25. The molecular formula is C16H21N3O2. The Kier molecular flexibility index (Phi) is 4.94. The lowest BCUT2D eigenvalue weighted by Crippen LogP contribution is -2.44. The van der Waals surface area contributed by atoms with Crippen LogP contribution >= 0.6 is 0 Å². The molecule has 1 aliphatic rings. The van der Waals surface area contributed by atoms with E-state index in [4.69, 9.17) is 11.0 Å². The van der Waals surface area contributed by atoms with Gasteiger partial charge in [0.15, 0.2) is 0 Å². The topological polar surface area (TPSA) is 90.3 Å². The van der Waals surface area contributed by atoms with Crippen molar-refractivity contribution in [1.29, 1.82) is 5.26 Å². The minimum absolute atomic E-state index is 0.288. The minimum Gasteiger partial charge on any atom is -0.393 e. The Morgan fingerprint density at radius 1 is 1.38 bits per heavy atom. The summed E-state index contributed by atoms with van der Waals surface area (Å²) in [5, 5.41) is 18.5. The highest BCUT2D eigenvalue weighted by atomic mass is 16.3. The van der Waals surface area contributed by atoms with Crippen LogP contribution in [0.3, 0.4) is 0 Å². The number of aliphatic hydroxyl groups excluding tert-OH is 1. The van der Waals surface area contributed by atoms with Crippen LogP contribution < -0.4 is 5.73 Å². The molecule has 2 unspecified atom stereocenters. The molecular weight excluding hydrogens is 266 g/mol. The summed E-state index contributed by atoms with van der Waals surface area (Å²) in [5.41, 5.74) is 6.95. The van der Waals surface area contributed by atoms with Gasteiger partial charge in [-0.2, -0.15) is 5.26 Å². The first-order chi connectivity index (χ1) is 10.0. The summed E-state index contributed by atoms with van der Waals surface area (Å²) in [7, 11) is 0. The Morgan fingerprint density at radius 3 is 2.38 bits per heavy atom. The van der Waals surface area contributed by atoms with Gasteiger partial charge in [0.25, 0.3) is 0 Å². The summed E-state index contributed by atoms with van der Waals surface area (Å²) in [6.45, 7) is 3.29. The zero-order valence-electron chi connectivity index (χ0n) is 12.2. The van der Waals surface area contributed by atoms with Crippen molar-refractivity contribution in [2.24, 2.45) is 11.7 Å². The first kappa shape index (κ1) is 15.5. The molecule has 0 aliphatic carbocycles. The van der Waals surface area contributed by atoms with Crippen LogP contribution in [0.5, 0.6) is 0 Å². The smallest absolute Gasteiger partial charge is 0.239 e. The highest BCUT2D eigenvalue weighted by Crippen LogP contribution is 2.28. The highest BCUT2D eigenvalue weighted by Gasteiger charge is 2.30. The van der Waals surface area contributed by atoms with Crippen molar-refractivity contribution in [1.82, 2.24) is 4.90 Å². The second kappa shape index (κ2) is 6.70. The first-order valence-electron chi connectivity index (χ1n) is 7.24. The largest absolute Gasteiger partial charge is 0.393 e. The van der Waals surface area contributed by atoms with Crippen molar-refractivity contribution in [3.63, 3.8) is 0 Å². The van der Waals surface area contributed by atoms with Crippen LogP contribution in [0.2, 0.25) is 0 Å². The van der Waals surface area contributed by atoms with Crippen molar-refractivity contribution >= 4 is 5.91 Å². The Hall–Kier alpha value is -1.90. The molecule has 1 heterocycles. The number of nitrogens with zero attached hydrogens (tertiary/aromatic N) is 2. The number of hydrogen-bond donors (Lipinski definition) is 2. The monoisotopic (exact) mass is 287 g/mol. The highest BCUT2D eigenvalue weighted by molar-refractivity contribution is 5.81. The molecule has 1 aromatic carbocycles. The van der Waals surface area contributed by atoms with E-state index >= 15 is 0 Å². The van der Waals surface area contributed by atoms with Crippen LogP contribution in [0.25, 0.3) is 0 Å².